The number of pyridine rings is 1. The summed E-state index contributed by atoms with van der Waals surface area (Å²) in [5.74, 6) is -1.58. The van der Waals surface area contributed by atoms with E-state index in [4.69, 9.17) is 5.11 Å². The molecule has 0 aliphatic carbocycles. The van der Waals surface area contributed by atoms with E-state index in [1.807, 2.05) is 20.1 Å². The van der Waals surface area contributed by atoms with Crippen LogP contribution in [-0.2, 0) is 9.59 Å². The number of carbonyl (C=O) groups excluding carboxylic acids is 2. The van der Waals surface area contributed by atoms with Crippen LogP contribution in [0.1, 0.15) is 30.6 Å². The predicted octanol–water partition coefficient (Wildman–Crippen LogP) is 2.22. The van der Waals surface area contributed by atoms with Gasteiger partial charge in [-0.2, -0.15) is 0 Å². The van der Waals surface area contributed by atoms with Crippen LogP contribution in [0.3, 0.4) is 0 Å². The number of nitrogens with zero attached hydrogens (tertiary/aromatic N) is 2. The fourth-order valence-electron chi connectivity index (χ4n) is 2.75. The summed E-state index contributed by atoms with van der Waals surface area (Å²) >= 11 is 1.37. The van der Waals surface area contributed by atoms with Gasteiger partial charge >= 0.3 is 5.97 Å². The molecule has 0 aromatic carbocycles. The maximum atomic E-state index is 12.9. The van der Waals surface area contributed by atoms with Gasteiger partial charge in [-0.15, -0.1) is 11.8 Å². The molecule has 1 atom stereocenters. The van der Waals surface area contributed by atoms with E-state index in [0.29, 0.717) is 12.1 Å². The Bertz CT molecular complexity index is 685. The number of ketones is 1. The molecule has 0 saturated heterocycles. The molecule has 128 valence electrons. The maximum Gasteiger partial charge on any atom is 0.308 e. The first-order chi connectivity index (χ1) is 11.4. The highest BCUT2D eigenvalue weighted by Crippen LogP contribution is 2.36. The molecule has 0 fully saturated rings. The highest BCUT2D eigenvalue weighted by molar-refractivity contribution is 7.99. The van der Waals surface area contributed by atoms with Crippen molar-refractivity contribution in [2.75, 3.05) is 12.8 Å². The summed E-state index contributed by atoms with van der Waals surface area (Å²) in [6, 6.07) is 3.14. The molecule has 2 rings (SSSR count). The fraction of sp³-hybridized carbons (Fsp3) is 0.412. The van der Waals surface area contributed by atoms with Crippen molar-refractivity contribution in [3.05, 3.63) is 41.2 Å². The highest BCUT2D eigenvalue weighted by atomic mass is 32.2. The summed E-state index contributed by atoms with van der Waals surface area (Å²) in [5, 5.41) is 8.69. The van der Waals surface area contributed by atoms with Crippen molar-refractivity contribution in [3.8, 4) is 0 Å². The molecule has 0 bridgehead atoms. The molecule has 0 saturated carbocycles. The van der Waals surface area contributed by atoms with E-state index in [-0.39, 0.29) is 28.8 Å². The molecule has 24 heavy (non-hydrogen) atoms. The summed E-state index contributed by atoms with van der Waals surface area (Å²) in [4.78, 5) is 42.3. The van der Waals surface area contributed by atoms with Crippen molar-refractivity contribution in [1.82, 2.24) is 9.88 Å². The molecule has 2 heterocycles. The minimum atomic E-state index is -1.12. The van der Waals surface area contributed by atoms with E-state index in [0.717, 1.165) is 0 Å². The molecule has 0 spiro atoms. The second-order valence-electron chi connectivity index (χ2n) is 5.97. The third kappa shape index (κ3) is 3.67. The predicted molar refractivity (Wildman–Crippen MR) is 91.7 cm³/mol. The van der Waals surface area contributed by atoms with E-state index < -0.39 is 17.8 Å². The van der Waals surface area contributed by atoms with Crippen molar-refractivity contribution >= 4 is 29.4 Å². The van der Waals surface area contributed by atoms with Gasteiger partial charge in [0, 0.05) is 35.6 Å². The Morgan fingerprint density at radius 1 is 1.33 bits per heavy atom. The molecule has 0 unspecified atom stereocenters. The number of rotatable bonds is 7. The Morgan fingerprint density at radius 3 is 2.46 bits per heavy atom. The average molecular weight is 348 g/mol. The Hall–Kier alpha value is -2.15. The van der Waals surface area contributed by atoms with Crippen LogP contribution in [0.2, 0.25) is 0 Å². The number of hydrogen-bond donors (Lipinski definition) is 1. The summed E-state index contributed by atoms with van der Waals surface area (Å²) < 4.78 is 0. The Balaban J connectivity index is 2.50. The number of thioether (sulfide) groups is 1. The normalized spacial score (nSPS) is 17.8. The minimum Gasteiger partial charge on any atom is -0.481 e. The van der Waals surface area contributed by atoms with Gasteiger partial charge in [-0.05, 0) is 24.3 Å². The second-order valence-corrected chi connectivity index (χ2v) is 6.89. The van der Waals surface area contributed by atoms with Crippen LogP contribution in [0.4, 0.5) is 0 Å². The number of hydrogen-bond acceptors (Lipinski definition) is 5. The van der Waals surface area contributed by atoms with Crippen molar-refractivity contribution in [2.45, 2.75) is 25.6 Å². The minimum absolute atomic E-state index is 0.0873. The van der Waals surface area contributed by atoms with E-state index in [2.05, 4.69) is 4.98 Å². The zero-order valence-electron chi connectivity index (χ0n) is 13.9. The van der Waals surface area contributed by atoms with Crippen molar-refractivity contribution in [2.24, 2.45) is 5.92 Å². The lowest BCUT2D eigenvalue weighted by atomic mass is 9.99. The number of carbonyl (C=O) groups is 3. The molecule has 0 radical (unpaired) electrons. The van der Waals surface area contributed by atoms with Crippen LogP contribution in [0.15, 0.2) is 35.7 Å². The van der Waals surface area contributed by atoms with E-state index in [9.17, 15) is 14.4 Å². The topological polar surface area (TPSA) is 87.6 Å². The molecular formula is C17H20N2O4S. The monoisotopic (exact) mass is 348 g/mol. The molecule has 1 N–H and O–H groups in total. The van der Waals surface area contributed by atoms with E-state index in [1.165, 1.54) is 24.2 Å². The number of aliphatic carboxylic acids is 1. The number of aromatic nitrogens is 1. The number of carboxylic acid groups (broad SMARTS) is 1. The molecule has 1 aromatic heterocycles. The quantitative estimate of drug-likeness (QED) is 0.760. The van der Waals surface area contributed by atoms with Crippen LogP contribution in [0.5, 0.6) is 0 Å². The largest absolute Gasteiger partial charge is 0.481 e. The summed E-state index contributed by atoms with van der Waals surface area (Å²) in [7, 11) is 0. The summed E-state index contributed by atoms with van der Waals surface area (Å²) in [6.45, 7) is 4.43. The van der Waals surface area contributed by atoms with Crippen LogP contribution in [-0.4, -0.2) is 50.8 Å². The maximum absolute atomic E-state index is 12.9. The van der Waals surface area contributed by atoms with Crippen LogP contribution >= 0.6 is 11.8 Å². The van der Waals surface area contributed by atoms with Gasteiger partial charge in [-0.3, -0.25) is 19.4 Å². The smallest absolute Gasteiger partial charge is 0.308 e. The molecule has 1 aliphatic rings. The standard InChI is InChI=1S/C17H20N2O4S/c1-10(2)9-19-16(23)12(8-13(20)21)14(17(19)24-3)15(22)11-4-6-18-7-5-11/h4-7,10,17H,8-9H2,1-3H3,(H,20,21)/t17-/m1/s1. The first-order valence-corrected chi connectivity index (χ1v) is 8.89. The lowest BCUT2D eigenvalue weighted by Crippen LogP contribution is -2.37. The Labute approximate surface area is 144 Å². The average Bonchev–Trinajstić information content (AvgIpc) is 2.79. The summed E-state index contributed by atoms with van der Waals surface area (Å²) in [6.07, 6.45) is 4.37. The molecule has 1 aromatic rings. The molecule has 1 aliphatic heterocycles. The van der Waals surface area contributed by atoms with Crippen molar-refractivity contribution in [3.63, 3.8) is 0 Å². The van der Waals surface area contributed by atoms with Gasteiger partial charge in [0.25, 0.3) is 5.91 Å². The number of amides is 1. The second kappa shape index (κ2) is 7.61. The van der Waals surface area contributed by atoms with Gasteiger partial charge in [-0.1, -0.05) is 13.8 Å². The highest BCUT2D eigenvalue weighted by Gasteiger charge is 2.42. The van der Waals surface area contributed by atoms with Crippen molar-refractivity contribution in [1.29, 1.82) is 0 Å². The third-order valence-electron chi connectivity index (χ3n) is 3.67. The SMILES string of the molecule is CS[C@@H]1C(C(=O)c2ccncc2)=C(CC(=O)O)C(=O)N1CC(C)C. The van der Waals surface area contributed by atoms with E-state index >= 15 is 0 Å². The first-order valence-electron chi connectivity index (χ1n) is 7.60. The van der Waals surface area contributed by atoms with Gasteiger partial charge in [0.15, 0.2) is 5.78 Å². The first kappa shape index (κ1) is 18.2. The van der Waals surface area contributed by atoms with Gasteiger partial charge < -0.3 is 10.0 Å². The molecular weight excluding hydrogens is 328 g/mol. The fourth-order valence-corrected chi connectivity index (χ4v) is 3.67. The zero-order valence-corrected chi connectivity index (χ0v) is 14.7. The number of carboxylic acids is 1. The Morgan fingerprint density at radius 2 is 1.96 bits per heavy atom. The van der Waals surface area contributed by atoms with Gasteiger partial charge in [-0.25, -0.2) is 0 Å². The van der Waals surface area contributed by atoms with E-state index in [1.54, 1.807) is 17.0 Å². The molecule has 7 heteroatoms. The van der Waals surface area contributed by atoms with Crippen molar-refractivity contribution < 1.29 is 19.5 Å². The van der Waals surface area contributed by atoms with Gasteiger partial charge in [0.05, 0.1) is 6.42 Å². The Kier molecular flexibility index (Phi) is 5.77. The van der Waals surface area contributed by atoms with Crippen LogP contribution in [0.25, 0.3) is 0 Å². The van der Waals surface area contributed by atoms with Crippen LogP contribution in [0, 0.1) is 5.92 Å². The molecule has 6 nitrogen and oxygen atoms in total. The van der Waals surface area contributed by atoms with Gasteiger partial charge in [0.2, 0.25) is 0 Å². The lowest BCUT2D eigenvalue weighted by Gasteiger charge is -2.27. The third-order valence-corrected chi connectivity index (χ3v) is 4.61. The van der Waals surface area contributed by atoms with Gasteiger partial charge in [0.1, 0.15) is 5.37 Å². The number of Topliss-reactive ketones (excluding diaryl/α,β-unsaturated/α-hetero) is 1. The van der Waals surface area contributed by atoms with Crippen LogP contribution < -0.4 is 0 Å². The molecule has 1 amide bonds. The zero-order chi connectivity index (χ0) is 17.9. The lowest BCUT2D eigenvalue weighted by molar-refractivity contribution is -0.137. The summed E-state index contributed by atoms with van der Waals surface area (Å²) in [5.41, 5.74) is 0.771.